The highest BCUT2D eigenvalue weighted by atomic mass is 16.5. The predicted octanol–water partition coefficient (Wildman–Crippen LogP) is 4.13. The van der Waals surface area contributed by atoms with E-state index in [9.17, 15) is 4.79 Å². The lowest BCUT2D eigenvalue weighted by Crippen LogP contribution is -2.35. The third kappa shape index (κ3) is 3.84. The Labute approximate surface area is 207 Å². The third-order valence-corrected chi connectivity index (χ3v) is 6.51. The lowest BCUT2D eigenvalue weighted by atomic mass is 9.96. The Bertz CT molecular complexity index is 1580. The minimum absolute atomic E-state index is 0.00931. The molecule has 10 heteroatoms. The van der Waals surface area contributed by atoms with Crippen molar-refractivity contribution in [2.24, 2.45) is 7.05 Å². The van der Waals surface area contributed by atoms with Crippen LogP contribution in [0.2, 0.25) is 0 Å². The van der Waals surface area contributed by atoms with Crippen LogP contribution in [0.25, 0.3) is 33.7 Å². The van der Waals surface area contributed by atoms with Crippen molar-refractivity contribution < 1.29 is 9.32 Å². The molecule has 5 aromatic rings. The van der Waals surface area contributed by atoms with Crippen molar-refractivity contribution in [1.82, 2.24) is 40.2 Å². The number of aryl methyl sites for hydroxylation is 1. The number of nitrogens with one attached hydrogen (secondary N) is 2. The second kappa shape index (κ2) is 7.84. The van der Waals surface area contributed by atoms with Gasteiger partial charge in [0.05, 0.1) is 17.3 Å². The molecule has 182 valence electrons. The highest BCUT2D eigenvalue weighted by Crippen LogP contribution is 2.46. The lowest BCUT2D eigenvalue weighted by Gasteiger charge is -2.17. The molecule has 1 fully saturated rings. The van der Waals surface area contributed by atoms with Gasteiger partial charge in [0.1, 0.15) is 11.3 Å². The second-order valence-corrected chi connectivity index (χ2v) is 10.3. The van der Waals surface area contributed by atoms with Crippen LogP contribution >= 0.6 is 0 Å². The molecule has 1 aromatic carbocycles. The topological polar surface area (TPSA) is 127 Å². The number of amides is 1. The van der Waals surface area contributed by atoms with Crippen LogP contribution in [0.15, 0.2) is 53.4 Å². The molecular formula is C26H26N8O2. The quantitative estimate of drug-likeness (QED) is 0.386. The van der Waals surface area contributed by atoms with E-state index in [1.807, 2.05) is 40.1 Å². The number of pyridine rings is 1. The lowest BCUT2D eigenvalue weighted by molar-refractivity contribution is 0.0886. The summed E-state index contributed by atoms with van der Waals surface area (Å²) in [4.78, 5) is 29.7. The van der Waals surface area contributed by atoms with Crippen LogP contribution < -0.4 is 5.32 Å². The van der Waals surface area contributed by atoms with Gasteiger partial charge in [-0.05, 0) is 30.0 Å². The maximum atomic E-state index is 12.8. The fourth-order valence-electron chi connectivity index (χ4n) is 4.29. The first-order chi connectivity index (χ1) is 17.2. The smallest absolute Gasteiger partial charge is 0.315 e. The number of carbonyl (C=O) groups excluding carboxylic acids is 1. The van der Waals surface area contributed by atoms with Crippen molar-refractivity contribution in [1.29, 1.82) is 0 Å². The Morgan fingerprint density at radius 1 is 1.11 bits per heavy atom. The van der Waals surface area contributed by atoms with E-state index in [-0.39, 0.29) is 17.2 Å². The van der Waals surface area contributed by atoms with Crippen LogP contribution in [0, 0.1) is 0 Å². The van der Waals surface area contributed by atoms with E-state index in [4.69, 9.17) is 9.51 Å². The first-order valence-corrected chi connectivity index (χ1v) is 11.8. The second-order valence-electron chi connectivity index (χ2n) is 10.3. The predicted molar refractivity (Wildman–Crippen MR) is 133 cm³/mol. The molecule has 4 aromatic heterocycles. The Hall–Kier alpha value is -4.34. The first-order valence-electron chi connectivity index (χ1n) is 11.8. The van der Waals surface area contributed by atoms with E-state index in [0.29, 0.717) is 5.82 Å². The Morgan fingerprint density at radius 2 is 1.89 bits per heavy atom. The number of imidazole rings is 1. The maximum absolute atomic E-state index is 12.8. The summed E-state index contributed by atoms with van der Waals surface area (Å²) in [7, 11) is 1.87. The van der Waals surface area contributed by atoms with Crippen molar-refractivity contribution in [2.45, 2.75) is 44.6 Å². The number of hydrogen-bond donors (Lipinski definition) is 2. The highest BCUT2D eigenvalue weighted by Gasteiger charge is 2.46. The van der Waals surface area contributed by atoms with Gasteiger partial charge in [-0.2, -0.15) is 10.1 Å². The Balaban J connectivity index is 1.25. The number of aromatic nitrogens is 7. The largest absolute Gasteiger partial charge is 0.338 e. The van der Waals surface area contributed by atoms with Crippen molar-refractivity contribution in [3.8, 4) is 22.5 Å². The summed E-state index contributed by atoms with van der Waals surface area (Å²) in [5.41, 5.74) is 4.74. The summed E-state index contributed by atoms with van der Waals surface area (Å²) in [5, 5.41) is 11.3. The molecule has 0 radical (unpaired) electrons. The van der Waals surface area contributed by atoms with Gasteiger partial charge in [0, 0.05) is 30.4 Å². The Morgan fingerprint density at radius 3 is 2.53 bits per heavy atom. The fraction of sp³-hybridized carbons (Fsp3) is 0.308. The van der Waals surface area contributed by atoms with Crippen LogP contribution in [0.1, 0.15) is 55.7 Å². The van der Waals surface area contributed by atoms with Crippen LogP contribution in [-0.2, 0) is 18.0 Å². The summed E-state index contributed by atoms with van der Waals surface area (Å²) < 4.78 is 6.96. The van der Waals surface area contributed by atoms with E-state index in [2.05, 4.69) is 54.8 Å². The monoisotopic (exact) mass is 482 g/mol. The molecule has 6 rings (SSSR count). The highest BCUT2D eigenvalue weighted by molar-refractivity contribution is 5.92. The standard InChI is InChI=1S/C26H26N8O2/c1-25(2,3)24-31-23(36-33-24)22(35)32-26(10-11-26)17-7-5-15(6-8-17)18-9-12-27-21-19(18)29-20(30-21)16-13-28-34(4)14-16/h5-9,12-14H,10-11H2,1-4H3,(H,32,35)(H,27,29,30). The minimum atomic E-state index is -0.417. The van der Waals surface area contributed by atoms with Crippen LogP contribution in [0.4, 0.5) is 0 Å². The molecule has 2 N–H and O–H groups in total. The molecule has 0 unspecified atom stereocenters. The van der Waals surface area contributed by atoms with Gasteiger partial charge in [-0.25, -0.2) is 9.97 Å². The summed E-state index contributed by atoms with van der Waals surface area (Å²) in [6, 6.07) is 10.2. The van der Waals surface area contributed by atoms with E-state index < -0.39 is 5.54 Å². The van der Waals surface area contributed by atoms with Gasteiger partial charge in [-0.1, -0.05) is 50.2 Å². The fourth-order valence-corrected chi connectivity index (χ4v) is 4.29. The van der Waals surface area contributed by atoms with Gasteiger partial charge in [0.2, 0.25) is 0 Å². The number of H-pyrrole nitrogens is 1. The van der Waals surface area contributed by atoms with Crippen LogP contribution in [0.3, 0.4) is 0 Å². The van der Waals surface area contributed by atoms with Crippen molar-refractivity contribution in [3.05, 3.63) is 66.2 Å². The summed E-state index contributed by atoms with van der Waals surface area (Å²) in [6.45, 7) is 5.92. The van der Waals surface area contributed by atoms with Crippen molar-refractivity contribution in [3.63, 3.8) is 0 Å². The normalized spacial score (nSPS) is 14.8. The number of carbonyl (C=O) groups is 1. The van der Waals surface area contributed by atoms with E-state index in [0.717, 1.165) is 52.1 Å². The first kappa shape index (κ1) is 22.1. The Kier molecular flexibility index (Phi) is 4.82. The van der Waals surface area contributed by atoms with Gasteiger partial charge < -0.3 is 14.8 Å². The minimum Gasteiger partial charge on any atom is -0.338 e. The molecule has 4 heterocycles. The zero-order valence-electron chi connectivity index (χ0n) is 20.5. The molecular weight excluding hydrogens is 456 g/mol. The average molecular weight is 483 g/mol. The van der Waals surface area contributed by atoms with Crippen LogP contribution in [0.5, 0.6) is 0 Å². The third-order valence-electron chi connectivity index (χ3n) is 6.51. The molecule has 0 spiro atoms. The molecule has 0 saturated heterocycles. The van der Waals surface area contributed by atoms with Gasteiger partial charge >= 0.3 is 11.8 Å². The SMILES string of the molecule is Cn1cc(-c2nc3c(-c4ccc(C5(NC(=O)c6nc(C(C)(C)C)no6)CC5)cc4)ccnc3[nH]2)cn1. The molecule has 10 nitrogen and oxygen atoms in total. The number of fused-ring (bicyclic) bond motifs is 1. The van der Waals surface area contributed by atoms with Gasteiger partial charge in [0.25, 0.3) is 0 Å². The number of rotatable bonds is 5. The molecule has 36 heavy (non-hydrogen) atoms. The molecule has 0 atom stereocenters. The average Bonchev–Trinajstić information content (AvgIpc) is 3.25. The zero-order valence-corrected chi connectivity index (χ0v) is 20.5. The van der Waals surface area contributed by atoms with E-state index in [1.54, 1.807) is 17.1 Å². The molecule has 1 saturated carbocycles. The van der Waals surface area contributed by atoms with Crippen molar-refractivity contribution in [2.75, 3.05) is 0 Å². The molecule has 1 aliphatic rings. The van der Waals surface area contributed by atoms with Gasteiger partial charge in [-0.3, -0.25) is 9.48 Å². The number of benzene rings is 1. The molecule has 1 amide bonds. The number of nitrogens with zero attached hydrogens (tertiary/aromatic N) is 6. The summed E-state index contributed by atoms with van der Waals surface area (Å²) in [6.07, 6.45) is 7.16. The summed E-state index contributed by atoms with van der Waals surface area (Å²) >= 11 is 0. The van der Waals surface area contributed by atoms with E-state index >= 15 is 0 Å². The number of aromatic amines is 1. The molecule has 1 aliphatic carbocycles. The molecule has 0 aliphatic heterocycles. The van der Waals surface area contributed by atoms with E-state index in [1.165, 1.54) is 0 Å². The zero-order chi connectivity index (χ0) is 25.1. The van der Waals surface area contributed by atoms with Gasteiger partial charge in [0.15, 0.2) is 11.5 Å². The number of hydrogen-bond acceptors (Lipinski definition) is 7. The van der Waals surface area contributed by atoms with Crippen LogP contribution in [-0.4, -0.2) is 40.8 Å². The van der Waals surface area contributed by atoms with Crippen molar-refractivity contribution >= 4 is 17.1 Å². The maximum Gasteiger partial charge on any atom is 0.315 e. The molecule has 0 bridgehead atoms. The summed E-state index contributed by atoms with van der Waals surface area (Å²) in [5.74, 6) is 0.875. The van der Waals surface area contributed by atoms with Gasteiger partial charge in [-0.15, -0.1) is 0 Å².